The topological polar surface area (TPSA) is 86.5 Å². The summed E-state index contributed by atoms with van der Waals surface area (Å²) in [6.07, 6.45) is 0. The van der Waals surface area contributed by atoms with E-state index in [1.54, 1.807) is 41.0 Å². The van der Waals surface area contributed by atoms with Gasteiger partial charge >= 0.3 is 5.69 Å². The number of hydrogen-bond acceptors (Lipinski definition) is 5. The molecule has 0 radical (unpaired) electrons. The number of benzene rings is 2. The molecule has 2 aromatic heterocycles. The molecule has 4 aromatic rings. The van der Waals surface area contributed by atoms with Crippen molar-refractivity contribution in [2.45, 2.75) is 13.1 Å². The molecule has 0 bridgehead atoms. The smallest absolute Gasteiger partial charge is 0.297 e. The van der Waals surface area contributed by atoms with E-state index in [0.29, 0.717) is 25.7 Å². The zero-order valence-electron chi connectivity index (χ0n) is 17.4. The molecule has 2 aromatic carbocycles. The second kappa shape index (κ2) is 9.30. The fourth-order valence-corrected chi connectivity index (χ4v) is 4.24. The Morgan fingerprint density at radius 3 is 2.09 bits per heavy atom. The summed E-state index contributed by atoms with van der Waals surface area (Å²) in [6.45, 7) is 0.327. The standard InChI is InChI=1S/C21H16Cl4N6O2/c1-29-18-17(19(32)30(2)21(29)33)31(10-12-4-6-14(23)8-16(12)25)20(27-18)28-26-9-11-3-5-13(22)7-15(11)24/h3-8H,9-10H2,1-2H3. The van der Waals surface area contributed by atoms with E-state index in [-0.39, 0.29) is 30.2 Å². The van der Waals surface area contributed by atoms with E-state index in [1.807, 2.05) is 0 Å². The molecule has 0 fully saturated rings. The van der Waals surface area contributed by atoms with Crippen molar-refractivity contribution in [2.75, 3.05) is 0 Å². The first-order valence-electron chi connectivity index (χ1n) is 9.59. The summed E-state index contributed by atoms with van der Waals surface area (Å²) in [7, 11) is 2.94. The summed E-state index contributed by atoms with van der Waals surface area (Å²) in [5.41, 5.74) is 0.784. The highest BCUT2D eigenvalue weighted by Crippen LogP contribution is 2.27. The first-order valence-corrected chi connectivity index (χ1v) is 11.1. The number of nitrogens with zero attached hydrogens (tertiary/aromatic N) is 6. The molecule has 0 unspecified atom stereocenters. The zero-order chi connectivity index (χ0) is 23.9. The van der Waals surface area contributed by atoms with Crippen molar-refractivity contribution in [2.24, 2.45) is 24.3 Å². The molecule has 0 amide bonds. The van der Waals surface area contributed by atoms with E-state index < -0.39 is 11.2 Å². The third kappa shape index (κ3) is 4.56. The van der Waals surface area contributed by atoms with E-state index in [0.717, 1.165) is 10.1 Å². The van der Waals surface area contributed by atoms with E-state index in [4.69, 9.17) is 46.4 Å². The van der Waals surface area contributed by atoms with Gasteiger partial charge in [0.15, 0.2) is 11.2 Å². The number of azo groups is 1. The molecule has 0 aliphatic rings. The van der Waals surface area contributed by atoms with Gasteiger partial charge in [-0.25, -0.2) is 4.79 Å². The fraction of sp³-hybridized carbons (Fsp3) is 0.190. The second-order valence-electron chi connectivity index (χ2n) is 7.25. The third-order valence-electron chi connectivity index (χ3n) is 5.09. The Kier molecular flexibility index (Phi) is 6.63. The van der Waals surface area contributed by atoms with Gasteiger partial charge in [-0.2, -0.15) is 10.1 Å². The van der Waals surface area contributed by atoms with Crippen LogP contribution in [0, 0.1) is 0 Å². The molecule has 0 saturated heterocycles. The lowest BCUT2D eigenvalue weighted by Gasteiger charge is -2.09. The normalized spacial score (nSPS) is 11.7. The molecule has 170 valence electrons. The van der Waals surface area contributed by atoms with E-state index >= 15 is 0 Å². The molecule has 2 heterocycles. The highest BCUT2D eigenvalue weighted by atomic mass is 35.5. The van der Waals surface area contributed by atoms with Gasteiger partial charge in [-0.15, -0.1) is 5.11 Å². The highest BCUT2D eigenvalue weighted by molar-refractivity contribution is 6.35. The predicted molar refractivity (Wildman–Crippen MR) is 130 cm³/mol. The maximum Gasteiger partial charge on any atom is 0.332 e. The molecule has 33 heavy (non-hydrogen) atoms. The lowest BCUT2D eigenvalue weighted by Crippen LogP contribution is -2.37. The average Bonchev–Trinajstić information content (AvgIpc) is 3.12. The summed E-state index contributed by atoms with van der Waals surface area (Å²) in [4.78, 5) is 29.8. The minimum atomic E-state index is -0.507. The van der Waals surface area contributed by atoms with E-state index in [9.17, 15) is 9.59 Å². The fourth-order valence-electron chi connectivity index (χ4n) is 3.31. The van der Waals surface area contributed by atoms with Gasteiger partial charge in [0, 0.05) is 34.2 Å². The summed E-state index contributed by atoms with van der Waals surface area (Å²) < 4.78 is 3.86. The Bertz CT molecular complexity index is 1540. The van der Waals surface area contributed by atoms with Crippen LogP contribution in [0.4, 0.5) is 5.95 Å². The van der Waals surface area contributed by atoms with Gasteiger partial charge in [0.2, 0.25) is 0 Å². The van der Waals surface area contributed by atoms with Crippen molar-refractivity contribution in [1.82, 2.24) is 18.7 Å². The van der Waals surface area contributed by atoms with Crippen LogP contribution in [0.2, 0.25) is 20.1 Å². The van der Waals surface area contributed by atoms with Crippen LogP contribution < -0.4 is 11.2 Å². The van der Waals surface area contributed by atoms with Crippen LogP contribution in [-0.4, -0.2) is 18.7 Å². The number of halogens is 4. The second-order valence-corrected chi connectivity index (χ2v) is 8.93. The summed E-state index contributed by atoms with van der Waals surface area (Å²) in [5, 5.41) is 10.3. The lowest BCUT2D eigenvalue weighted by atomic mass is 10.2. The number of imidazole rings is 1. The van der Waals surface area contributed by atoms with Crippen molar-refractivity contribution in [1.29, 1.82) is 0 Å². The molecule has 0 atom stereocenters. The predicted octanol–water partition coefficient (Wildman–Crippen LogP) is 5.38. The van der Waals surface area contributed by atoms with Crippen molar-refractivity contribution in [3.8, 4) is 0 Å². The van der Waals surface area contributed by atoms with E-state index in [1.165, 1.54) is 18.7 Å². The Balaban J connectivity index is 1.84. The number of rotatable bonds is 5. The largest absolute Gasteiger partial charge is 0.332 e. The van der Waals surface area contributed by atoms with Crippen LogP contribution in [0.1, 0.15) is 11.1 Å². The molecule has 0 spiro atoms. The van der Waals surface area contributed by atoms with Gasteiger partial charge < -0.3 is 0 Å². The summed E-state index contributed by atoms with van der Waals surface area (Å²) in [6, 6.07) is 10.1. The van der Waals surface area contributed by atoms with Crippen LogP contribution >= 0.6 is 46.4 Å². The molecule has 0 saturated carbocycles. The Morgan fingerprint density at radius 2 is 1.48 bits per heavy atom. The van der Waals surface area contributed by atoms with Crippen molar-refractivity contribution in [3.63, 3.8) is 0 Å². The number of aryl methyl sites for hydroxylation is 1. The van der Waals surface area contributed by atoms with Crippen LogP contribution in [0.5, 0.6) is 0 Å². The number of aromatic nitrogens is 4. The van der Waals surface area contributed by atoms with Gasteiger partial charge in [0.05, 0.1) is 13.1 Å². The minimum absolute atomic E-state index is 0.138. The molecular weight excluding hydrogens is 510 g/mol. The maximum atomic E-state index is 13.0. The SMILES string of the molecule is Cn1c(=O)c2c(nc(N=NCc3ccc(Cl)cc3Cl)n2Cc2ccc(Cl)cc2Cl)n(C)c1=O. The van der Waals surface area contributed by atoms with Gasteiger partial charge in [-0.05, 0) is 35.4 Å². The molecule has 4 rings (SSSR count). The highest BCUT2D eigenvalue weighted by Gasteiger charge is 2.20. The van der Waals surface area contributed by atoms with Crippen molar-refractivity contribution >= 4 is 63.5 Å². The quantitative estimate of drug-likeness (QED) is 0.328. The summed E-state index contributed by atoms with van der Waals surface area (Å²) >= 11 is 24.5. The third-order valence-corrected chi connectivity index (χ3v) is 6.26. The summed E-state index contributed by atoms with van der Waals surface area (Å²) in [5.74, 6) is 0.138. The minimum Gasteiger partial charge on any atom is -0.297 e. The van der Waals surface area contributed by atoms with Crippen LogP contribution in [-0.2, 0) is 27.2 Å². The van der Waals surface area contributed by atoms with Crippen LogP contribution in [0.25, 0.3) is 11.2 Å². The van der Waals surface area contributed by atoms with Crippen LogP contribution in [0.15, 0.2) is 56.2 Å². The Hall–Kier alpha value is -2.65. The van der Waals surface area contributed by atoms with Gasteiger partial charge in [-0.3, -0.25) is 18.5 Å². The molecule has 8 nitrogen and oxygen atoms in total. The van der Waals surface area contributed by atoms with Gasteiger partial charge in [0.1, 0.15) is 0 Å². The molecule has 12 heteroatoms. The van der Waals surface area contributed by atoms with Crippen molar-refractivity contribution < 1.29 is 0 Å². The molecule has 0 aliphatic carbocycles. The number of fused-ring (bicyclic) bond motifs is 1. The Labute approximate surface area is 207 Å². The van der Waals surface area contributed by atoms with Crippen molar-refractivity contribution in [3.05, 3.63) is 88.5 Å². The molecular formula is C21H16Cl4N6O2. The molecule has 0 aliphatic heterocycles. The Morgan fingerprint density at radius 1 is 0.879 bits per heavy atom. The lowest BCUT2D eigenvalue weighted by molar-refractivity contribution is 0.702. The van der Waals surface area contributed by atoms with Crippen LogP contribution in [0.3, 0.4) is 0 Å². The average molecular weight is 526 g/mol. The monoisotopic (exact) mass is 524 g/mol. The number of hydrogen-bond donors (Lipinski definition) is 0. The first-order chi connectivity index (χ1) is 15.7. The van der Waals surface area contributed by atoms with Gasteiger partial charge in [0.25, 0.3) is 11.5 Å². The first kappa shape index (κ1) is 23.5. The zero-order valence-corrected chi connectivity index (χ0v) is 20.4. The maximum absolute atomic E-state index is 13.0. The molecule has 0 N–H and O–H groups in total. The van der Waals surface area contributed by atoms with E-state index in [2.05, 4.69) is 15.2 Å². The van der Waals surface area contributed by atoms with Gasteiger partial charge in [-0.1, -0.05) is 58.5 Å².